The van der Waals surface area contributed by atoms with Crippen LogP contribution in [-0.2, 0) is 17.6 Å². The van der Waals surface area contributed by atoms with Crippen LogP contribution in [0.2, 0.25) is 0 Å². The topological polar surface area (TPSA) is 91.3 Å². The van der Waals surface area contributed by atoms with Crippen LogP contribution in [-0.4, -0.2) is 22.1 Å². The van der Waals surface area contributed by atoms with Gasteiger partial charge in [-0.2, -0.15) is 0 Å². The monoisotopic (exact) mass is 333 g/mol. The van der Waals surface area contributed by atoms with E-state index in [4.69, 9.17) is 5.11 Å². The zero-order valence-corrected chi connectivity index (χ0v) is 13.9. The second-order valence-corrected chi connectivity index (χ2v) is 6.25. The number of nitrogens with zero attached hydrogens (tertiary/aromatic N) is 1. The Morgan fingerprint density at radius 2 is 2.09 bits per heavy atom. The highest BCUT2D eigenvalue weighted by Crippen LogP contribution is 2.22. The number of anilines is 2. The third kappa shape index (κ3) is 5.07. The van der Waals surface area contributed by atoms with Gasteiger partial charge in [0.1, 0.15) is 0 Å². The van der Waals surface area contributed by atoms with Crippen LogP contribution < -0.4 is 10.6 Å². The fraction of sp³-hybridized carbons (Fsp3) is 0.312. The number of nitrogens with one attached hydrogen (secondary N) is 2. The van der Waals surface area contributed by atoms with Gasteiger partial charge in [-0.1, -0.05) is 19.1 Å². The first-order valence-electron chi connectivity index (χ1n) is 7.33. The number of carbonyl (C=O) groups excluding carboxylic acids is 1. The summed E-state index contributed by atoms with van der Waals surface area (Å²) < 4.78 is 0. The first-order chi connectivity index (χ1) is 11.0. The molecule has 2 amide bonds. The van der Waals surface area contributed by atoms with Crippen molar-refractivity contribution in [2.75, 3.05) is 10.6 Å². The van der Waals surface area contributed by atoms with Gasteiger partial charge >= 0.3 is 12.0 Å². The van der Waals surface area contributed by atoms with E-state index in [-0.39, 0.29) is 12.5 Å². The van der Waals surface area contributed by atoms with Crippen LogP contribution in [0.5, 0.6) is 0 Å². The molecule has 1 aromatic heterocycles. The molecule has 1 heterocycles. The summed E-state index contributed by atoms with van der Waals surface area (Å²) in [6, 6.07) is 6.79. The van der Waals surface area contributed by atoms with Crippen molar-refractivity contribution in [3.8, 4) is 0 Å². The number of rotatable bonds is 6. The lowest BCUT2D eigenvalue weighted by atomic mass is 10.1. The zero-order valence-electron chi connectivity index (χ0n) is 13.0. The van der Waals surface area contributed by atoms with Crippen molar-refractivity contribution in [3.05, 3.63) is 40.4 Å². The standard InChI is InChI=1S/C16H19N3O3S/c1-3-13-10(2)23-16(18-13)19-15(22)17-12-6-4-5-11(9-12)7-8-14(20)21/h4-6,9H,3,7-8H2,1-2H3,(H,20,21)(H2,17,18,19,22). The van der Waals surface area contributed by atoms with E-state index in [1.54, 1.807) is 18.2 Å². The third-order valence-corrected chi connectivity index (χ3v) is 4.19. The molecule has 0 spiro atoms. The van der Waals surface area contributed by atoms with Crippen LogP contribution in [0.1, 0.15) is 29.5 Å². The molecule has 6 nitrogen and oxygen atoms in total. The summed E-state index contributed by atoms with van der Waals surface area (Å²) in [7, 11) is 0. The van der Waals surface area contributed by atoms with Gasteiger partial charge in [-0.3, -0.25) is 10.1 Å². The molecule has 0 saturated heterocycles. The van der Waals surface area contributed by atoms with Gasteiger partial charge in [0.25, 0.3) is 0 Å². The van der Waals surface area contributed by atoms with Crippen LogP contribution >= 0.6 is 11.3 Å². The van der Waals surface area contributed by atoms with E-state index in [0.29, 0.717) is 17.2 Å². The molecule has 2 rings (SSSR count). The fourth-order valence-corrected chi connectivity index (χ4v) is 3.02. The van der Waals surface area contributed by atoms with E-state index in [1.165, 1.54) is 11.3 Å². The summed E-state index contributed by atoms with van der Waals surface area (Å²) >= 11 is 1.44. The van der Waals surface area contributed by atoms with Crippen molar-refractivity contribution in [2.24, 2.45) is 0 Å². The minimum Gasteiger partial charge on any atom is -0.481 e. The number of benzene rings is 1. The first kappa shape index (κ1) is 17.0. The van der Waals surface area contributed by atoms with Gasteiger partial charge < -0.3 is 10.4 Å². The Morgan fingerprint density at radius 1 is 1.30 bits per heavy atom. The van der Waals surface area contributed by atoms with E-state index in [9.17, 15) is 9.59 Å². The average molecular weight is 333 g/mol. The largest absolute Gasteiger partial charge is 0.481 e. The summed E-state index contributed by atoms with van der Waals surface area (Å²) in [4.78, 5) is 28.1. The summed E-state index contributed by atoms with van der Waals surface area (Å²) in [6.07, 6.45) is 1.32. The van der Waals surface area contributed by atoms with Gasteiger partial charge in [-0.15, -0.1) is 11.3 Å². The SMILES string of the molecule is CCc1nc(NC(=O)Nc2cccc(CCC(=O)O)c2)sc1C. The Hall–Kier alpha value is -2.41. The van der Waals surface area contributed by atoms with Crippen molar-refractivity contribution >= 4 is 34.2 Å². The maximum Gasteiger partial charge on any atom is 0.325 e. The number of aryl methyl sites for hydroxylation is 3. The number of hydrogen-bond donors (Lipinski definition) is 3. The summed E-state index contributed by atoms with van der Waals surface area (Å²) in [5, 5.41) is 14.7. The third-order valence-electron chi connectivity index (χ3n) is 3.26. The molecular weight excluding hydrogens is 314 g/mol. The molecule has 122 valence electrons. The molecule has 23 heavy (non-hydrogen) atoms. The van der Waals surface area contributed by atoms with E-state index in [1.807, 2.05) is 19.9 Å². The number of carboxylic acid groups (broad SMARTS) is 1. The van der Waals surface area contributed by atoms with Crippen molar-refractivity contribution < 1.29 is 14.7 Å². The number of urea groups is 1. The lowest BCUT2D eigenvalue weighted by Gasteiger charge is -2.07. The quantitative estimate of drug-likeness (QED) is 0.752. The molecule has 2 aromatic rings. The predicted octanol–water partition coefficient (Wildman–Crippen LogP) is 3.68. The lowest BCUT2D eigenvalue weighted by molar-refractivity contribution is -0.136. The Labute approximate surface area is 138 Å². The van der Waals surface area contributed by atoms with E-state index in [0.717, 1.165) is 22.6 Å². The van der Waals surface area contributed by atoms with Crippen molar-refractivity contribution in [1.82, 2.24) is 4.98 Å². The maximum absolute atomic E-state index is 12.0. The zero-order chi connectivity index (χ0) is 16.8. The minimum absolute atomic E-state index is 0.0633. The van der Waals surface area contributed by atoms with Crippen LogP contribution in [0.15, 0.2) is 24.3 Å². The second kappa shape index (κ2) is 7.73. The second-order valence-electron chi connectivity index (χ2n) is 5.05. The molecule has 0 bridgehead atoms. The molecule has 3 N–H and O–H groups in total. The molecular formula is C16H19N3O3S. The molecule has 0 aliphatic rings. The molecule has 0 saturated carbocycles. The number of aromatic nitrogens is 1. The number of hydrogen-bond acceptors (Lipinski definition) is 4. The number of aliphatic carboxylic acids is 1. The molecule has 0 aliphatic carbocycles. The fourth-order valence-electron chi connectivity index (χ4n) is 2.12. The van der Waals surface area contributed by atoms with Gasteiger partial charge in [-0.05, 0) is 37.5 Å². The molecule has 0 fully saturated rings. The average Bonchev–Trinajstić information content (AvgIpc) is 2.85. The van der Waals surface area contributed by atoms with E-state index >= 15 is 0 Å². The normalized spacial score (nSPS) is 10.3. The molecule has 0 atom stereocenters. The van der Waals surface area contributed by atoms with Crippen molar-refractivity contribution in [3.63, 3.8) is 0 Å². The van der Waals surface area contributed by atoms with Crippen LogP contribution in [0, 0.1) is 6.92 Å². The highest BCUT2D eigenvalue weighted by atomic mass is 32.1. The van der Waals surface area contributed by atoms with Gasteiger partial charge in [0.05, 0.1) is 5.69 Å². The van der Waals surface area contributed by atoms with Crippen LogP contribution in [0.25, 0.3) is 0 Å². The highest BCUT2D eigenvalue weighted by molar-refractivity contribution is 7.15. The molecule has 0 aliphatic heterocycles. The van der Waals surface area contributed by atoms with Gasteiger partial charge in [-0.25, -0.2) is 9.78 Å². The first-order valence-corrected chi connectivity index (χ1v) is 8.14. The summed E-state index contributed by atoms with van der Waals surface area (Å²) in [6.45, 7) is 4.00. The number of amides is 2. The Morgan fingerprint density at radius 3 is 2.74 bits per heavy atom. The predicted molar refractivity (Wildman–Crippen MR) is 91.3 cm³/mol. The molecule has 0 unspecified atom stereocenters. The lowest BCUT2D eigenvalue weighted by Crippen LogP contribution is -2.19. The van der Waals surface area contributed by atoms with E-state index < -0.39 is 5.97 Å². The van der Waals surface area contributed by atoms with E-state index in [2.05, 4.69) is 15.6 Å². The Bertz CT molecular complexity index is 712. The van der Waals surface area contributed by atoms with Crippen molar-refractivity contribution in [2.45, 2.75) is 33.1 Å². The van der Waals surface area contributed by atoms with Crippen molar-refractivity contribution in [1.29, 1.82) is 0 Å². The van der Waals surface area contributed by atoms with Gasteiger partial charge in [0.2, 0.25) is 0 Å². The van der Waals surface area contributed by atoms with Gasteiger partial charge in [0.15, 0.2) is 5.13 Å². The van der Waals surface area contributed by atoms with Crippen LogP contribution in [0.4, 0.5) is 15.6 Å². The van der Waals surface area contributed by atoms with Crippen LogP contribution in [0.3, 0.4) is 0 Å². The number of carboxylic acids is 1. The number of carbonyl (C=O) groups is 2. The molecule has 1 aromatic carbocycles. The maximum atomic E-state index is 12.0. The Balaban J connectivity index is 1.96. The Kier molecular flexibility index (Phi) is 5.70. The summed E-state index contributed by atoms with van der Waals surface area (Å²) in [5.74, 6) is -0.841. The highest BCUT2D eigenvalue weighted by Gasteiger charge is 2.09. The van der Waals surface area contributed by atoms with Gasteiger partial charge in [0, 0.05) is 17.0 Å². The molecule has 7 heteroatoms. The molecule has 0 radical (unpaired) electrons. The summed E-state index contributed by atoms with van der Waals surface area (Å²) in [5.41, 5.74) is 2.47. The number of thiazole rings is 1. The minimum atomic E-state index is -0.841. The smallest absolute Gasteiger partial charge is 0.325 e.